The monoisotopic (exact) mass is 527 g/mol. The highest BCUT2D eigenvalue weighted by Crippen LogP contribution is 2.44. The maximum absolute atomic E-state index is 14.3. The van der Waals surface area contributed by atoms with Gasteiger partial charge in [0, 0.05) is 36.1 Å². The van der Waals surface area contributed by atoms with Gasteiger partial charge in [-0.2, -0.15) is 0 Å². The van der Waals surface area contributed by atoms with Crippen LogP contribution >= 0.6 is 0 Å². The lowest BCUT2D eigenvalue weighted by molar-refractivity contribution is -0.139. The number of hydrogen-bond acceptors (Lipinski definition) is 5. The van der Waals surface area contributed by atoms with E-state index < -0.39 is 18.2 Å². The zero-order chi connectivity index (χ0) is 27.0. The van der Waals surface area contributed by atoms with Crippen molar-refractivity contribution in [3.63, 3.8) is 0 Å². The Morgan fingerprint density at radius 3 is 2.61 bits per heavy atom. The van der Waals surface area contributed by atoms with Crippen LogP contribution in [0.4, 0.5) is 9.18 Å². The Morgan fingerprint density at radius 2 is 1.89 bits per heavy atom. The maximum atomic E-state index is 14.3. The summed E-state index contributed by atoms with van der Waals surface area (Å²) >= 11 is 0. The van der Waals surface area contributed by atoms with Crippen LogP contribution in [0.1, 0.15) is 56.9 Å². The van der Waals surface area contributed by atoms with Gasteiger partial charge in [0.25, 0.3) is 0 Å². The van der Waals surface area contributed by atoms with Gasteiger partial charge in [-0.15, -0.1) is 0 Å². The Hall–Kier alpha value is -3.14. The molecule has 3 fully saturated rings. The van der Waals surface area contributed by atoms with Crippen molar-refractivity contribution in [3.8, 4) is 0 Å². The molecule has 3 N–H and O–H groups in total. The predicted octanol–water partition coefficient (Wildman–Crippen LogP) is 3.12. The summed E-state index contributed by atoms with van der Waals surface area (Å²) in [7, 11) is 3.10. The number of fused-ring (bicyclic) bond motifs is 2. The highest BCUT2D eigenvalue weighted by atomic mass is 19.1. The number of methoxy groups -OCH3 is 1. The summed E-state index contributed by atoms with van der Waals surface area (Å²) in [6, 6.07) is 3.15. The summed E-state index contributed by atoms with van der Waals surface area (Å²) in [5, 5.41) is 6.92. The van der Waals surface area contributed by atoms with Crippen molar-refractivity contribution in [2.24, 2.45) is 5.92 Å². The third-order valence-electron chi connectivity index (χ3n) is 8.90. The van der Waals surface area contributed by atoms with Crippen molar-refractivity contribution in [1.29, 1.82) is 0 Å². The van der Waals surface area contributed by atoms with Crippen LogP contribution in [0, 0.1) is 11.7 Å². The van der Waals surface area contributed by atoms with E-state index in [9.17, 15) is 18.8 Å². The van der Waals surface area contributed by atoms with Crippen molar-refractivity contribution in [3.05, 3.63) is 35.8 Å². The number of benzene rings is 1. The molecule has 1 aromatic heterocycles. The topological polar surface area (TPSA) is 107 Å². The highest BCUT2D eigenvalue weighted by molar-refractivity contribution is 5.91. The minimum atomic E-state index is -0.609. The second-order valence-electron chi connectivity index (χ2n) is 10.9. The lowest BCUT2D eigenvalue weighted by Gasteiger charge is -2.36. The molecule has 10 heteroatoms. The van der Waals surface area contributed by atoms with E-state index in [0.29, 0.717) is 25.0 Å². The molecule has 0 bridgehead atoms. The SMILES string of the molecule is CNC(C)C(=O)NC(C(=O)N1CCC2C1C(c1c[nH]c3cc(F)ccc13)CN2C(=O)OC)C1CCCCC1. The van der Waals surface area contributed by atoms with Crippen LogP contribution in [-0.4, -0.2) is 84.1 Å². The molecule has 9 nitrogen and oxygen atoms in total. The minimum absolute atomic E-state index is 0.0796. The second-order valence-corrected chi connectivity index (χ2v) is 10.9. The Kier molecular flexibility index (Phi) is 7.61. The number of likely N-dealkylation sites (tertiary alicyclic amines) is 2. The van der Waals surface area contributed by atoms with Crippen LogP contribution in [0.2, 0.25) is 0 Å². The number of nitrogens with one attached hydrogen (secondary N) is 3. The summed E-state index contributed by atoms with van der Waals surface area (Å²) in [6.07, 6.45) is 7.12. The third-order valence-corrected chi connectivity index (χ3v) is 8.90. The largest absolute Gasteiger partial charge is 0.453 e. The quantitative estimate of drug-likeness (QED) is 0.535. The number of rotatable bonds is 6. The van der Waals surface area contributed by atoms with Gasteiger partial charge in [0.2, 0.25) is 11.8 Å². The van der Waals surface area contributed by atoms with Crippen LogP contribution in [0.5, 0.6) is 0 Å². The number of aromatic amines is 1. The normalized spacial score (nSPS) is 25.3. The number of halogens is 1. The smallest absolute Gasteiger partial charge is 0.409 e. The molecule has 3 aliphatic rings. The first-order chi connectivity index (χ1) is 18.3. The average molecular weight is 528 g/mol. The number of H-pyrrole nitrogens is 1. The number of carbonyl (C=O) groups excluding carboxylic acids is 3. The maximum Gasteiger partial charge on any atom is 0.409 e. The van der Waals surface area contributed by atoms with Gasteiger partial charge in [-0.3, -0.25) is 9.59 Å². The van der Waals surface area contributed by atoms with Gasteiger partial charge >= 0.3 is 6.09 Å². The Bertz CT molecular complexity index is 1200. The van der Waals surface area contributed by atoms with Gasteiger partial charge in [-0.1, -0.05) is 19.3 Å². The molecule has 3 amide bonds. The number of hydrogen-bond donors (Lipinski definition) is 3. The zero-order valence-corrected chi connectivity index (χ0v) is 22.3. The zero-order valence-electron chi connectivity index (χ0n) is 22.3. The first-order valence-corrected chi connectivity index (χ1v) is 13.7. The summed E-state index contributed by atoms with van der Waals surface area (Å²) in [5.41, 5.74) is 1.63. The fourth-order valence-electron chi connectivity index (χ4n) is 6.81. The Morgan fingerprint density at radius 1 is 1.13 bits per heavy atom. The van der Waals surface area contributed by atoms with E-state index in [4.69, 9.17) is 4.74 Å². The summed E-state index contributed by atoms with van der Waals surface area (Å²) in [5.74, 6) is -0.695. The van der Waals surface area contributed by atoms with Crippen LogP contribution in [0.25, 0.3) is 10.9 Å². The lowest BCUT2D eigenvalue weighted by Crippen LogP contribution is -2.57. The van der Waals surface area contributed by atoms with Gasteiger partial charge in [0.1, 0.15) is 11.9 Å². The summed E-state index contributed by atoms with van der Waals surface area (Å²) in [4.78, 5) is 46.8. The molecule has 2 aliphatic heterocycles. The van der Waals surface area contributed by atoms with Crippen LogP contribution in [-0.2, 0) is 14.3 Å². The molecule has 5 rings (SSSR count). The van der Waals surface area contributed by atoms with Crippen molar-refractivity contribution in [2.45, 2.75) is 75.5 Å². The summed E-state index contributed by atoms with van der Waals surface area (Å²) < 4.78 is 19.0. The molecule has 5 atom stereocenters. The van der Waals surface area contributed by atoms with E-state index in [0.717, 1.165) is 43.1 Å². The van der Waals surface area contributed by atoms with Gasteiger partial charge < -0.3 is 30.2 Å². The first kappa shape index (κ1) is 26.5. The molecule has 5 unspecified atom stereocenters. The molecule has 1 aromatic carbocycles. The molecular weight excluding hydrogens is 489 g/mol. The van der Waals surface area contributed by atoms with E-state index in [1.165, 1.54) is 19.2 Å². The van der Waals surface area contributed by atoms with Crippen LogP contribution in [0.15, 0.2) is 24.4 Å². The number of aromatic nitrogens is 1. The van der Waals surface area contributed by atoms with Gasteiger partial charge in [-0.25, -0.2) is 9.18 Å². The van der Waals surface area contributed by atoms with Gasteiger partial charge in [-0.05, 0) is 62.9 Å². The van der Waals surface area contributed by atoms with Crippen LogP contribution < -0.4 is 10.6 Å². The standard InChI is InChI=1S/C28H38FN5O4/c1-16(30-2)26(35)32-24(17-7-5-4-6-8-17)27(36)33-12-11-23-25(33)21(15-34(23)28(37)38-3)20-14-31-22-13-18(29)9-10-19(20)22/h9-10,13-14,16-17,21,23-25,30-31H,4-8,11-12,15H2,1-3H3,(H,32,35). The fraction of sp³-hybridized carbons (Fsp3) is 0.607. The molecule has 0 spiro atoms. The lowest BCUT2D eigenvalue weighted by atomic mass is 9.82. The third kappa shape index (κ3) is 4.74. The molecule has 206 valence electrons. The van der Waals surface area contributed by atoms with E-state index in [1.807, 2.05) is 11.1 Å². The molecular formula is C28H38FN5O4. The molecule has 38 heavy (non-hydrogen) atoms. The second kappa shape index (κ2) is 10.9. The van der Waals surface area contributed by atoms with Crippen LogP contribution in [0.3, 0.4) is 0 Å². The number of likely N-dealkylation sites (N-methyl/N-ethyl adjacent to an activating group) is 1. The number of amides is 3. The number of nitrogens with zero attached hydrogens (tertiary/aromatic N) is 2. The highest BCUT2D eigenvalue weighted by Gasteiger charge is 2.54. The van der Waals surface area contributed by atoms with Crippen molar-refractivity contribution in [2.75, 3.05) is 27.2 Å². The number of carbonyl (C=O) groups is 3. The van der Waals surface area contributed by atoms with Gasteiger partial charge in [0.05, 0.1) is 25.2 Å². The Labute approximate surface area is 222 Å². The van der Waals surface area contributed by atoms with Gasteiger partial charge in [0.15, 0.2) is 0 Å². The number of ether oxygens (including phenoxy) is 1. The minimum Gasteiger partial charge on any atom is -0.453 e. The molecule has 2 saturated heterocycles. The van der Waals surface area contributed by atoms with Crippen molar-refractivity contribution in [1.82, 2.24) is 25.4 Å². The van der Waals surface area contributed by atoms with E-state index in [1.54, 1.807) is 24.9 Å². The fourth-order valence-corrected chi connectivity index (χ4v) is 6.81. The molecule has 0 radical (unpaired) electrons. The van der Waals surface area contributed by atoms with E-state index in [-0.39, 0.29) is 41.6 Å². The van der Waals surface area contributed by atoms with Crippen molar-refractivity contribution < 1.29 is 23.5 Å². The van der Waals surface area contributed by atoms with E-state index in [2.05, 4.69) is 15.6 Å². The summed E-state index contributed by atoms with van der Waals surface area (Å²) in [6.45, 7) is 2.67. The van der Waals surface area contributed by atoms with Crippen molar-refractivity contribution >= 4 is 28.8 Å². The molecule has 1 aliphatic carbocycles. The average Bonchev–Trinajstić information content (AvgIpc) is 3.65. The molecule has 3 heterocycles. The van der Waals surface area contributed by atoms with E-state index >= 15 is 0 Å². The molecule has 1 saturated carbocycles. The molecule has 2 aromatic rings. The Balaban J connectivity index is 1.49. The predicted molar refractivity (Wildman–Crippen MR) is 141 cm³/mol. The first-order valence-electron chi connectivity index (χ1n) is 13.7.